The zero-order chi connectivity index (χ0) is 16.9. The molecule has 0 bridgehead atoms. The molecule has 0 spiro atoms. The number of nitrogens with one attached hydrogen (secondary N) is 1. The molecule has 0 saturated heterocycles. The van der Waals surface area contributed by atoms with E-state index < -0.39 is 0 Å². The van der Waals surface area contributed by atoms with Crippen molar-refractivity contribution in [2.45, 2.75) is 19.4 Å². The van der Waals surface area contributed by atoms with Crippen LogP contribution in [0.2, 0.25) is 0 Å². The molecule has 0 unspecified atom stereocenters. The van der Waals surface area contributed by atoms with Gasteiger partial charge < -0.3 is 15.0 Å². The lowest BCUT2D eigenvalue weighted by atomic mass is 10.2. The summed E-state index contributed by atoms with van der Waals surface area (Å²) in [6.45, 7) is 1.48. The SMILES string of the molecule is O=C(CCC(=O)N1CCOc2ccccc21)NCc1ccc(Br)s1. The van der Waals surface area contributed by atoms with Crippen molar-refractivity contribution in [1.29, 1.82) is 0 Å². The van der Waals surface area contributed by atoms with E-state index in [1.165, 1.54) is 0 Å². The Bertz CT molecular complexity index is 747. The predicted octanol–water partition coefficient (Wildman–Crippen LogP) is 3.33. The first-order valence-electron chi connectivity index (χ1n) is 7.66. The number of amides is 2. The molecule has 3 rings (SSSR count). The highest BCUT2D eigenvalue weighted by molar-refractivity contribution is 9.11. The van der Waals surface area contributed by atoms with E-state index in [0.29, 0.717) is 25.4 Å². The molecule has 0 radical (unpaired) electrons. The number of ether oxygens (including phenoxy) is 1. The molecular formula is C17H17BrN2O3S. The summed E-state index contributed by atoms with van der Waals surface area (Å²) in [5, 5.41) is 2.84. The van der Waals surface area contributed by atoms with Gasteiger partial charge in [0.05, 0.1) is 22.6 Å². The third-order valence-electron chi connectivity index (χ3n) is 3.68. The van der Waals surface area contributed by atoms with E-state index in [4.69, 9.17) is 4.74 Å². The van der Waals surface area contributed by atoms with Gasteiger partial charge in [0.2, 0.25) is 11.8 Å². The minimum Gasteiger partial charge on any atom is -0.490 e. The van der Waals surface area contributed by atoms with Crippen molar-refractivity contribution in [3.63, 3.8) is 0 Å². The van der Waals surface area contributed by atoms with E-state index in [2.05, 4.69) is 21.2 Å². The van der Waals surface area contributed by atoms with Crippen LogP contribution >= 0.6 is 27.3 Å². The highest BCUT2D eigenvalue weighted by Gasteiger charge is 2.23. The number of hydrogen-bond acceptors (Lipinski definition) is 4. The van der Waals surface area contributed by atoms with Gasteiger partial charge in [0.25, 0.3) is 0 Å². The number of anilines is 1. The van der Waals surface area contributed by atoms with E-state index in [1.807, 2.05) is 36.4 Å². The third-order valence-corrected chi connectivity index (χ3v) is 5.31. The van der Waals surface area contributed by atoms with Gasteiger partial charge in [0, 0.05) is 17.7 Å². The van der Waals surface area contributed by atoms with Crippen molar-refractivity contribution in [2.75, 3.05) is 18.1 Å². The smallest absolute Gasteiger partial charge is 0.227 e. The summed E-state index contributed by atoms with van der Waals surface area (Å²) in [4.78, 5) is 27.1. The summed E-state index contributed by atoms with van der Waals surface area (Å²) in [7, 11) is 0. The van der Waals surface area contributed by atoms with Crippen molar-refractivity contribution in [1.82, 2.24) is 5.32 Å². The zero-order valence-corrected chi connectivity index (χ0v) is 15.4. The van der Waals surface area contributed by atoms with Crippen molar-refractivity contribution < 1.29 is 14.3 Å². The van der Waals surface area contributed by atoms with Gasteiger partial charge in [0.15, 0.2) is 0 Å². The largest absolute Gasteiger partial charge is 0.490 e. The first-order valence-corrected chi connectivity index (χ1v) is 9.27. The molecule has 1 aromatic carbocycles. The minimum absolute atomic E-state index is 0.0558. The summed E-state index contributed by atoms with van der Waals surface area (Å²) in [5.74, 6) is 0.541. The number of carbonyl (C=O) groups excluding carboxylic acids is 2. The Morgan fingerprint density at radius 3 is 2.83 bits per heavy atom. The molecule has 2 heterocycles. The van der Waals surface area contributed by atoms with Gasteiger partial charge in [-0.2, -0.15) is 0 Å². The van der Waals surface area contributed by atoms with Gasteiger partial charge in [-0.05, 0) is 40.2 Å². The molecule has 0 aliphatic carbocycles. The number of thiophene rings is 1. The number of fused-ring (bicyclic) bond motifs is 1. The van der Waals surface area contributed by atoms with Crippen LogP contribution < -0.4 is 15.0 Å². The number of carbonyl (C=O) groups is 2. The maximum Gasteiger partial charge on any atom is 0.227 e. The Hall–Kier alpha value is -1.86. The lowest BCUT2D eigenvalue weighted by molar-refractivity contribution is -0.125. The molecule has 1 N–H and O–H groups in total. The quantitative estimate of drug-likeness (QED) is 0.824. The average molecular weight is 409 g/mol. The molecule has 24 heavy (non-hydrogen) atoms. The Kier molecular flexibility index (Phi) is 5.52. The number of nitrogens with zero attached hydrogens (tertiary/aromatic N) is 1. The predicted molar refractivity (Wildman–Crippen MR) is 97.4 cm³/mol. The van der Waals surface area contributed by atoms with Crippen LogP contribution in [0.1, 0.15) is 17.7 Å². The molecule has 2 aromatic rings. The number of benzene rings is 1. The highest BCUT2D eigenvalue weighted by Crippen LogP contribution is 2.31. The topological polar surface area (TPSA) is 58.6 Å². The van der Waals surface area contributed by atoms with Crippen LogP contribution in [0.4, 0.5) is 5.69 Å². The van der Waals surface area contributed by atoms with Crippen LogP contribution in [0.5, 0.6) is 5.75 Å². The Balaban J connectivity index is 1.50. The molecule has 1 aliphatic rings. The number of para-hydroxylation sites is 2. The lowest BCUT2D eigenvalue weighted by Crippen LogP contribution is -2.38. The zero-order valence-electron chi connectivity index (χ0n) is 13.0. The summed E-state index contributed by atoms with van der Waals surface area (Å²) in [6, 6.07) is 11.4. The normalized spacial score (nSPS) is 13.1. The van der Waals surface area contributed by atoms with E-state index in [-0.39, 0.29) is 24.7 Å². The molecule has 7 heteroatoms. The van der Waals surface area contributed by atoms with Crippen molar-refractivity contribution in [3.05, 3.63) is 45.1 Å². The van der Waals surface area contributed by atoms with Crippen molar-refractivity contribution in [3.8, 4) is 5.75 Å². The van der Waals surface area contributed by atoms with Gasteiger partial charge in [-0.1, -0.05) is 12.1 Å². The monoisotopic (exact) mass is 408 g/mol. The van der Waals surface area contributed by atoms with E-state index >= 15 is 0 Å². The Morgan fingerprint density at radius 1 is 1.21 bits per heavy atom. The summed E-state index contributed by atoms with van der Waals surface area (Å²) < 4.78 is 6.58. The first-order chi connectivity index (χ1) is 11.6. The standard InChI is InChI=1S/C17H17BrN2O3S/c18-15-6-5-12(24-15)11-19-16(21)7-8-17(22)20-9-10-23-14-4-2-1-3-13(14)20/h1-6H,7-11H2,(H,19,21). The van der Waals surface area contributed by atoms with Crippen LogP contribution in [0.3, 0.4) is 0 Å². The number of rotatable bonds is 5. The molecule has 2 amide bonds. The maximum absolute atomic E-state index is 12.4. The number of halogens is 1. The van der Waals surface area contributed by atoms with Gasteiger partial charge in [-0.3, -0.25) is 9.59 Å². The van der Waals surface area contributed by atoms with E-state index in [1.54, 1.807) is 16.2 Å². The second-order valence-corrected chi connectivity index (χ2v) is 7.89. The van der Waals surface area contributed by atoms with Crippen LogP contribution in [0.25, 0.3) is 0 Å². The fourth-order valence-corrected chi connectivity index (χ4v) is 3.93. The molecule has 0 saturated carbocycles. The highest BCUT2D eigenvalue weighted by atomic mass is 79.9. The maximum atomic E-state index is 12.4. The lowest BCUT2D eigenvalue weighted by Gasteiger charge is -2.29. The molecule has 1 aliphatic heterocycles. The summed E-state index contributed by atoms with van der Waals surface area (Å²) >= 11 is 4.97. The first kappa shape index (κ1) is 17.0. The molecule has 1 aromatic heterocycles. The minimum atomic E-state index is -0.116. The second kappa shape index (κ2) is 7.81. The van der Waals surface area contributed by atoms with Crippen LogP contribution in [0.15, 0.2) is 40.2 Å². The molecule has 5 nitrogen and oxygen atoms in total. The molecule has 0 fully saturated rings. The van der Waals surface area contributed by atoms with Gasteiger partial charge in [-0.25, -0.2) is 0 Å². The summed E-state index contributed by atoms with van der Waals surface area (Å²) in [5.41, 5.74) is 0.776. The van der Waals surface area contributed by atoms with Gasteiger partial charge in [-0.15, -0.1) is 11.3 Å². The summed E-state index contributed by atoms with van der Waals surface area (Å²) in [6.07, 6.45) is 0.374. The Morgan fingerprint density at radius 2 is 2.04 bits per heavy atom. The van der Waals surface area contributed by atoms with E-state index in [9.17, 15) is 9.59 Å². The fourth-order valence-electron chi connectivity index (χ4n) is 2.50. The van der Waals surface area contributed by atoms with E-state index in [0.717, 1.165) is 14.4 Å². The van der Waals surface area contributed by atoms with Gasteiger partial charge in [0.1, 0.15) is 12.4 Å². The molecule has 0 atom stereocenters. The van der Waals surface area contributed by atoms with Crippen molar-refractivity contribution >= 4 is 44.8 Å². The number of hydrogen-bond donors (Lipinski definition) is 1. The van der Waals surface area contributed by atoms with Crippen LogP contribution in [-0.2, 0) is 16.1 Å². The second-order valence-electron chi connectivity index (χ2n) is 5.34. The Labute approximate surface area is 152 Å². The van der Waals surface area contributed by atoms with Crippen LogP contribution in [-0.4, -0.2) is 25.0 Å². The third kappa shape index (κ3) is 4.15. The van der Waals surface area contributed by atoms with Gasteiger partial charge >= 0.3 is 0 Å². The average Bonchev–Trinajstić information content (AvgIpc) is 3.02. The fraction of sp³-hybridized carbons (Fsp3) is 0.294. The van der Waals surface area contributed by atoms with Crippen LogP contribution in [0, 0.1) is 0 Å². The van der Waals surface area contributed by atoms with Crippen molar-refractivity contribution in [2.24, 2.45) is 0 Å². The molecular weight excluding hydrogens is 392 g/mol. The molecule has 126 valence electrons.